The van der Waals surface area contributed by atoms with E-state index in [1.165, 1.54) is 6.42 Å². The predicted molar refractivity (Wildman–Crippen MR) is 92.7 cm³/mol. The van der Waals surface area contributed by atoms with Crippen LogP contribution in [0.4, 0.5) is 5.82 Å². The molecule has 4 heterocycles. The minimum atomic E-state index is -0.487. The molecule has 0 radical (unpaired) electrons. The van der Waals surface area contributed by atoms with Gasteiger partial charge in [0.1, 0.15) is 17.4 Å². The Morgan fingerprint density at radius 2 is 1.88 bits per heavy atom. The standard InChI is InChI=1S/C17H24N6O/c18-16(24)17(23-8-2-1-3-9-23)5-10-22(11-6-17)15-14-13(4-7-19-14)20-12-21-15/h4,7,12,19H,1-3,5-6,8-11H2,(H2,18,24). The van der Waals surface area contributed by atoms with E-state index >= 15 is 0 Å². The highest BCUT2D eigenvalue weighted by Gasteiger charge is 2.45. The second-order valence-corrected chi connectivity index (χ2v) is 6.87. The van der Waals surface area contributed by atoms with Crippen LogP contribution in [0.5, 0.6) is 0 Å². The van der Waals surface area contributed by atoms with Gasteiger partial charge < -0.3 is 15.6 Å². The maximum Gasteiger partial charge on any atom is 0.238 e. The van der Waals surface area contributed by atoms with Crippen LogP contribution in [-0.2, 0) is 4.79 Å². The Bertz CT molecular complexity index is 728. The molecular formula is C17H24N6O. The van der Waals surface area contributed by atoms with Crippen molar-refractivity contribution in [3.05, 3.63) is 18.6 Å². The van der Waals surface area contributed by atoms with Crippen LogP contribution in [0.25, 0.3) is 11.0 Å². The predicted octanol–water partition coefficient (Wildman–Crippen LogP) is 1.27. The summed E-state index contributed by atoms with van der Waals surface area (Å²) in [6.07, 6.45) is 8.58. The Hall–Kier alpha value is -2.15. The number of piperidine rings is 2. The Labute approximate surface area is 141 Å². The summed E-state index contributed by atoms with van der Waals surface area (Å²) in [5.41, 5.74) is 7.25. The number of anilines is 1. The van der Waals surface area contributed by atoms with Crippen LogP contribution in [0.2, 0.25) is 0 Å². The van der Waals surface area contributed by atoms with Gasteiger partial charge in [-0.25, -0.2) is 9.97 Å². The van der Waals surface area contributed by atoms with E-state index in [1.54, 1.807) is 6.33 Å². The smallest absolute Gasteiger partial charge is 0.238 e. The van der Waals surface area contributed by atoms with E-state index in [-0.39, 0.29) is 5.91 Å². The SMILES string of the molecule is NC(=O)C1(N2CCCCC2)CCN(c2ncnc3cc[nH]c23)CC1. The number of likely N-dealkylation sites (tertiary alicyclic amines) is 1. The topological polar surface area (TPSA) is 91.1 Å². The number of nitrogens with zero attached hydrogens (tertiary/aromatic N) is 4. The number of hydrogen-bond acceptors (Lipinski definition) is 5. The molecule has 7 heteroatoms. The first-order valence-electron chi connectivity index (χ1n) is 8.79. The van der Waals surface area contributed by atoms with Gasteiger partial charge in [-0.1, -0.05) is 6.42 Å². The summed E-state index contributed by atoms with van der Waals surface area (Å²) in [4.78, 5) is 28.9. The molecule has 0 saturated carbocycles. The molecule has 0 unspecified atom stereocenters. The minimum Gasteiger partial charge on any atom is -0.368 e. The highest BCUT2D eigenvalue weighted by atomic mass is 16.1. The van der Waals surface area contributed by atoms with Gasteiger partial charge in [0, 0.05) is 19.3 Å². The fourth-order valence-corrected chi connectivity index (χ4v) is 4.23. The van der Waals surface area contributed by atoms with E-state index in [2.05, 4.69) is 24.8 Å². The molecular weight excluding hydrogens is 304 g/mol. The zero-order valence-corrected chi connectivity index (χ0v) is 13.9. The lowest BCUT2D eigenvalue weighted by Crippen LogP contribution is -2.63. The second-order valence-electron chi connectivity index (χ2n) is 6.87. The van der Waals surface area contributed by atoms with Crippen molar-refractivity contribution in [1.82, 2.24) is 19.9 Å². The van der Waals surface area contributed by atoms with E-state index in [9.17, 15) is 4.79 Å². The number of rotatable bonds is 3. The molecule has 2 aromatic rings. The number of carbonyl (C=O) groups excluding carboxylic acids is 1. The highest BCUT2D eigenvalue weighted by molar-refractivity contribution is 5.87. The third-order valence-corrected chi connectivity index (χ3v) is 5.64. The Kier molecular flexibility index (Phi) is 3.88. The van der Waals surface area contributed by atoms with Crippen LogP contribution >= 0.6 is 0 Å². The number of aromatic nitrogens is 3. The zero-order valence-electron chi connectivity index (χ0n) is 13.9. The Balaban J connectivity index is 1.56. The van der Waals surface area contributed by atoms with Crippen molar-refractivity contribution in [2.45, 2.75) is 37.6 Å². The number of fused-ring (bicyclic) bond motifs is 1. The van der Waals surface area contributed by atoms with Gasteiger partial charge >= 0.3 is 0 Å². The molecule has 0 aromatic carbocycles. The largest absolute Gasteiger partial charge is 0.368 e. The van der Waals surface area contributed by atoms with Crippen LogP contribution < -0.4 is 10.6 Å². The molecule has 2 fully saturated rings. The summed E-state index contributed by atoms with van der Waals surface area (Å²) in [5.74, 6) is 0.749. The zero-order chi connectivity index (χ0) is 16.6. The van der Waals surface area contributed by atoms with Gasteiger partial charge in [0.2, 0.25) is 5.91 Å². The molecule has 24 heavy (non-hydrogen) atoms. The summed E-state index contributed by atoms with van der Waals surface area (Å²) in [7, 11) is 0. The number of carbonyl (C=O) groups is 1. The van der Waals surface area contributed by atoms with E-state index in [0.29, 0.717) is 0 Å². The summed E-state index contributed by atoms with van der Waals surface area (Å²) in [5, 5.41) is 0. The number of H-pyrrole nitrogens is 1. The third-order valence-electron chi connectivity index (χ3n) is 5.64. The third kappa shape index (κ3) is 2.43. The average Bonchev–Trinajstić information content (AvgIpc) is 3.11. The molecule has 2 saturated heterocycles. The maximum atomic E-state index is 12.3. The summed E-state index contributed by atoms with van der Waals surface area (Å²) in [6.45, 7) is 3.53. The molecule has 2 aliphatic rings. The van der Waals surface area contributed by atoms with Gasteiger partial charge in [-0.2, -0.15) is 0 Å². The number of hydrogen-bond donors (Lipinski definition) is 2. The van der Waals surface area contributed by atoms with E-state index < -0.39 is 5.54 Å². The van der Waals surface area contributed by atoms with Gasteiger partial charge in [0.05, 0.1) is 5.52 Å². The van der Waals surface area contributed by atoms with Gasteiger partial charge in [-0.3, -0.25) is 9.69 Å². The number of amides is 1. The van der Waals surface area contributed by atoms with Crippen molar-refractivity contribution >= 4 is 22.8 Å². The fraction of sp³-hybridized carbons (Fsp3) is 0.588. The van der Waals surface area contributed by atoms with Crippen molar-refractivity contribution in [2.75, 3.05) is 31.1 Å². The fourth-order valence-electron chi connectivity index (χ4n) is 4.23. The van der Waals surface area contributed by atoms with Crippen molar-refractivity contribution in [2.24, 2.45) is 5.73 Å². The van der Waals surface area contributed by atoms with Crippen LogP contribution in [0.15, 0.2) is 18.6 Å². The lowest BCUT2D eigenvalue weighted by atomic mass is 9.83. The van der Waals surface area contributed by atoms with Crippen LogP contribution in [0, 0.1) is 0 Å². The van der Waals surface area contributed by atoms with Crippen molar-refractivity contribution in [1.29, 1.82) is 0 Å². The molecule has 7 nitrogen and oxygen atoms in total. The monoisotopic (exact) mass is 328 g/mol. The van der Waals surface area contributed by atoms with Crippen LogP contribution in [-0.4, -0.2) is 57.5 Å². The quantitative estimate of drug-likeness (QED) is 0.885. The summed E-state index contributed by atoms with van der Waals surface area (Å²) in [6, 6.07) is 1.95. The highest BCUT2D eigenvalue weighted by Crippen LogP contribution is 2.34. The van der Waals surface area contributed by atoms with Gasteiger partial charge in [-0.15, -0.1) is 0 Å². The second kappa shape index (κ2) is 6.05. The van der Waals surface area contributed by atoms with E-state index in [4.69, 9.17) is 5.73 Å². The van der Waals surface area contributed by atoms with E-state index in [0.717, 1.165) is 68.7 Å². The molecule has 2 aliphatic heterocycles. The molecule has 0 atom stereocenters. The van der Waals surface area contributed by atoms with Crippen LogP contribution in [0.3, 0.4) is 0 Å². The lowest BCUT2D eigenvalue weighted by molar-refractivity contribution is -0.132. The molecule has 1 amide bonds. The molecule has 0 aliphatic carbocycles. The molecule has 0 bridgehead atoms. The molecule has 0 spiro atoms. The normalized spacial score (nSPS) is 21.9. The summed E-state index contributed by atoms with van der Waals surface area (Å²) >= 11 is 0. The number of nitrogens with two attached hydrogens (primary N) is 1. The minimum absolute atomic E-state index is 0.170. The summed E-state index contributed by atoms with van der Waals surface area (Å²) < 4.78 is 0. The number of nitrogens with one attached hydrogen (secondary N) is 1. The molecule has 2 aromatic heterocycles. The molecule has 4 rings (SSSR count). The van der Waals surface area contributed by atoms with E-state index in [1.807, 2.05) is 12.3 Å². The number of aromatic amines is 1. The Morgan fingerprint density at radius 1 is 1.12 bits per heavy atom. The van der Waals surface area contributed by atoms with Crippen LogP contribution in [0.1, 0.15) is 32.1 Å². The lowest BCUT2D eigenvalue weighted by Gasteiger charge is -2.48. The first kappa shape index (κ1) is 15.4. The van der Waals surface area contributed by atoms with Crippen molar-refractivity contribution in [3.63, 3.8) is 0 Å². The number of primary amides is 1. The molecule has 128 valence electrons. The van der Waals surface area contributed by atoms with Gasteiger partial charge in [0.15, 0.2) is 5.82 Å². The first-order valence-corrected chi connectivity index (χ1v) is 8.79. The molecule has 3 N–H and O–H groups in total. The Morgan fingerprint density at radius 3 is 2.58 bits per heavy atom. The van der Waals surface area contributed by atoms with Gasteiger partial charge in [-0.05, 0) is 44.8 Å². The van der Waals surface area contributed by atoms with Gasteiger partial charge in [0.25, 0.3) is 0 Å². The maximum absolute atomic E-state index is 12.3. The average molecular weight is 328 g/mol. The first-order chi connectivity index (χ1) is 11.7. The van der Waals surface area contributed by atoms with Crippen molar-refractivity contribution < 1.29 is 4.79 Å². The van der Waals surface area contributed by atoms with Crippen molar-refractivity contribution in [3.8, 4) is 0 Å².